The first-order chi connectivity index (χ1) is 14.0. The first kappa shape index (κ1) is 22.3. The zero-order valence-electron chi connectivity index (χ0n) is 18.4. The van der Waals surface area contributed by atoms with Crippen LogP contribution in [0, 0.1) is 0 Å². The third kappa shape index (κ3) is 6.30. The van der Waals surface area contributed by atoms with Crippen LogP contribution in [0.1, 0.15) is 51.9 Å². The highest BCUT2D eigenvalue weighted by molar-refractivity contribution is 5.84. The van der Waals surface area contributed by atoms with Crippen molar-refractivity contribution in [2.75, 3.05) is 53.4 Å². The fourth-order valence-electron chi connectivity index (χ4n) is 4.50. The molecular formula is C21H39N5O3. The van der Waals surface area contributed by atoms with E-state index in [2.05, 4.69) is 27.4 Å². The quantitative estimate of drug-likeness (QED) is 0.486. The summed E-state index contributed by atoms with van der Waals surface area (Å²) in [6, 6.07) is 0.521. The second-order valence-electron chi connectivity index (χ2n) is 8.66. The minimum absolute atomic E-state index is 0.0104. The summed E-state index contributed by atoms with van der Waals surface area (Å²) in [5.74, 6) is 0.307. The Hall–Kier alpha value is -1.38. The Bertz CT molecular complexity index is 563. The number of likely N-dealkylation sites (tertiary alicyclic amines) is 1. The number of amides is 1. The molecule has 0 aromatic heterocycles. The summed E-state index contributed by atoms with van der Waals surface area (Å²) >= 11 is 0. The molecule has 1 spiro atoms. The highest BCUT2D eigenvalue weighted by Gasteiger charge is 2.42. The number of hydrogen-bond acceptors (Lipinski definition) is 5. The number of hydrogen-bond donors (Lipinski definition) is 2. The fourth-order valence-corrected chi connectivity index (χ4v) is 4.50. The van der Waals surface area contributed by atoms with Crippen molar-refractivity contribution in [2.24, 2.45) is 4.99 Å². The smallest absolute Gasteiger partial charge is 0.243 e. The van der Waals surface area contributed by atoms with Crippen LogP contribution in [0.15, 0.2) is 4.99 Å². The van der Waals surface area contributed by atoms with Crippen LogP contribution in [0.25, 0.3) is 0 Å². The maximum atomic E-state index is 12.0. The van der Waals surface area contributed by atoms with Crippen molar-refractivity contribution >= 4 is 11.9 Å². The van der Waals surface area contributed by atoms with Gasteiger partial charge in [0.25, 0.3) is 0 Å². The SMILES string of the molecule is CCN1CCCC1CNC(=NCC(=O)N(C)C)NCC1COC2(CCCCC2)O1. The molecule has 0 aromatic carbocycles. The van der Waals surface area contributed by atoms with Gasteiger partial charge in [-0.2, -0.15) is 0 Å². The summed E-state index contributed by atoms with van der Waals surface area (Å²) in [6.07, 6.45) is 8.08. The van der Waals surface area contributed by atoms with E-state index in [0.717, 1.165) is 32.5 Å². The van der Waals surface area contributed by atoms with E-state index < -0.39 is 0 Å². The van der Waals surface area contributed by atoms with Crippen molar-refractivity contribution in [2.45, 2.75) is 69.8 Å². The van der Waals surface area contributed by atoms with Gasteiger partial charge in [-0.3, -0.25) is 9.69 Å². The van der Waals surface area contributed by atoms with E-state index >= 15 is 0 Å². The van der Waals surface area contributed by atoms with E-state index in [-0.39, 0.29) is 24.3 Å². The Balaban J connectivity index is 1.51. The van der Waals surface area contributed by atoms with Crippen LogP contribution < -0.4 is 10.6 Å². The summed E-state index contributed by atoms with van der Waals surface area (Å²) in [4.78, 5) is 20.6. The molecule has 8 nitrogen and oxygen atoms in total. The number of aliphatic imine (C=N–C) groups is 1. The number of carbonyl (C=O) groups is 1. The highest BCUT2D eigenvalue weighted by atomic mass is 16.7. The maximum Gasteiger partial charge on any atom is 0.243 e. The lowest BCUT2D eigenvalue weighted by Gasteiger charge is -2.31. The summed E-state index contributed by atoms with van der Waals surface area (Å²) in [7, 11) is 3.51. The molecule has 2 saturated heterocycles. The molecule has 3 aliphatic rings. The molecule has 3 rings (SSSR count). The van der Waals surface area contributed by atoms with E-state index in [1.54, 1.807) is 19.0 Å². The fraction of sp³-hybridized carbons (Fsp3) is 0.905. The van der Waals surface area contributed by atoms with E-state index in [9.17, 15) is 4.79 Å². The van der Waals surface area contributed by atoms with Gasteiger partial charge in [0, 0.05) is 46.1 Å². The topological polar surface area (TPSA) is 78.4 Å². The lowest BCUT2D eigenvalue weighted by Crippen LogP contribution is -2.47. The Morgan fingerprint density at radius 3 is 2.66 bits per heavy atom. The van der Waals surface area contributed by atoms with Crippen LogP contribution in [-0.2, 0) is 14.3 Å². The third-order valence-electron chi connectivity index (χ3n) is 6.31. The van der Waals surface area contributed by atoms with Gasteiger partial charge in [0.05, 0.1) is 6.61 Å². The molecule has 0 radical (unpaired) electrons. The van der Waals surface area contributed by atoms with Gasteiger partial charge in [-0.25, -0.2) is 4.99 Å². The lowest BCUT2D eigenvalue weighted by atomic mass is 9.94. The number of nitrogens with zero attached hydrogens (tertiary/aromatic N) is 3. The molecule has 1 aliphatic carbocycles. The molecule has 0 aromatic rings. The number of guanidine groups is 1. The standard InChI is InChI=1S/C21H39N5O3/c1-4-26-12-8-9-17(26)13-22-20(24-15-19(27)25(2)3)23-14-18-16-28-21(29-18)10-6-5-7-11-21/h17-18H,4-16H2,1-3H3,(H2,22,23,24). The van der Waals surface area contributed by atoms with Gasteiger partial charge in [-0.15, -0.1) is 0 Å². The minimum atomic E-state index is -0.359. The predicted molar refractivity (Wildman–Crippen MR) is 114 cm³/mol. The van der Waals surface area contributed by atoms with Crippen molar-refractivity contribution in [3.8, 4) is 0 Å². The predicted octanol–water partition coefficient (Wildman–Crippen LogP) is 1.17. The van der Waals surface area contributed by atoms with Crippen molar-refractivity contribution in [3.63, 3.8) is 0 Å². The van der Waals surface area contributed by atoms with Crippen LogP contribution in [0.5, 0.6) is 0 Å². The Labute approximate surface area is 175 Å². The number of nitrogens with one attached hydrogen (secondary N) is 2. The Morgan fingerprint density at radius 1 is 1.17 bits per heavy atom. The third-order valence-corrected chi connectivity index (χ3v) is 6.31. The molecule has 29 heavy (non-hydrogen) atoms. The summed E-state index contributed by atoms with van der Waals surface area (Å²) in [6.45, 7) is 6.66. The van der Waals surface area contributed by atoms with Gasteiger partial charge in [0.1, 0.15) is 12.6 Å². The zero-order valence-corrected chi connectivity index (χ0v) is 18.4. The van der Waals surface area contributed by atoms with Gasteiger partial charge in [0.2, 0.25) is 5.91 Å². The molecule has 8 heteroatoms. The first-order valence-corrected chi connectivity index (χ1v) is 11.3. The monoisotopic (exact) mass is 409 g/mol. The largest absolute Gasteiger partial charge is 0.355 e. The van der Waals surface area contributed by atoms with Crippen molar-refractivity contribution in [1.29, 1.82) is 0 Å². The van der Waals surface area contributed by atoms with Gasteiger partial charge >= 0.3 is 0 Å². The van der Waals surface area contributed by atoms with Gasteiger partial charge in [0.15, 0.2) is 11.7 Å². The van der Waals surface area contributed by atoms with Crippen LogP contribution in [0.2, 0.25) is 0 Å². The molecule has 2 unspecified atom stereocenters. The van der Waals surface area contributed by atoms with Gasteiger partial charge in [-0.05, 0) is 38.8 Å². The van der Waals surface area contributed by atoms with E-state index in [1.807, 2.05) is 0 Å². The second kappa shape index (κ2) is 10.6. The number of rotatable bonds is 7. The first-order valence-electron chi connectivity index (χ1n) is 11.3. The number of likely N-dealkylation sites (N-methyl/N-ethyl adjacent to an activating group) is 2. The molecule has 1 amide bonds. The maximum absolute atomic E-state index is 12.0. The molecule has 2 atom stereocenters. The van der Waals surface area contributed by atoms with Crippen LogP contribution in [0.4, 0.5) is 0 Å². The van der Waals surface area contributed by atoms with Crippen molar-refractivity contribution in [3.05, 3.63) is 0 Å². The average Bonchev–Trinajstić information content (AvgIpc) is 3.34. The van der Waals surface area contributed by atoms with Crippen LogP contribution in [-0.4, -0.2) is 93.0 Å². The summed E-state index contributed by atoms with van der Waals surface area (Å²) in [5.41, 5.74) is 0. The van der Waals surface area contributed by atoms with E-state index in [1.165, 1.54) is 32.1 Å². The summed E-state index contributed by atoms with van der Waals surface area (Å²) < 4.78 is 12.3. The Morgan fingerprint density at radius 2 is 1.93 bits per heavy atom. The number of ether oxygens (including phenoxy) is 2. The van der Waals surface area contributed by atoms with Crippen molar-refractivity contribution < 1.29 is 14.3 Å². The molecule has 2 aliphatic heterocycles. The molecule has 2 heterocycles. The van der Waals surface area contributed by atoms with E-state index in [4.69, 9.17) is 9.47 Å². The normalized spacial score (nSPS) is 27.3. The average molecular weight is 410 g/mol. The minimum Gasteiger partial charge on any atom is -0.355 e. The Kier molecular flexibility index (Phi) is 8.15. The van der Waals surface area contributed by atoms with E-state index in [0.29, 0.717) is 25.2 Å². The summed E-state index contributed by atoms with van der Waals surface area (Å²) in [5, 5.41) is 6.82. The molecular weight excluding hydrogens is 370 g/mol. The molecule has 0 bridgehead atoms. The zero-order chi connectivity index (χ0) is 20.7. The van der Waals surface area contributed by atoms with Crippen LogP contribution in [0.3, 0.4) is 0 Å². The number of carbonyl (C=O) groups excluding carboxylic acids is 1. The van der Waals surface area contributed by atoms with Crippen molar-refractivity contribution in [1.82, 2.24) is 20.4 Å². The van der Waals surface area contributed by atoms with Crippen LogP contribution >= 0.6 is 0 Å². The molecule has 1 saturated carbocycles. The molecule has 3 fully saturated rings. The molecule has 166 valence electrons. The second-order valence-corrected chi connectivity index (χ2v) is 8.66. The lowest BCUT2D eigenvalue weighted by molar-refractivity contribution is -0.186. The van der Waals surface area contributed by atoms with Gasteiger partial charge < -0.3 is 25.0 Å². The highest BCUT2D eigenvalue weighted by Crippen LogP contribution is 2.37. The van der Waals surface area contributed by atoms with Gasteiger partial charge in [-0.1, -0.05) is 13.3 Å². The molecule has 2 N–H and O–H groups in total.